The van der Waals surface area contributed by atoms with E-state index in [9.17, 15) is 0 Å². The van der Waals surface area contributed by atoms with Gasteiger partial charge in [0.15, 0.2) is 0 Å². The van der Waals surface area contributed by atoms with Crippen LogP contribution in [0.3, 0.4) is 0 Å². The van der Waals surface area contributed by atoms with E-state index in [0.29, 0.717) is 10.8 Å². The molecule has 0 saturated heterocycles. The summed E-state index contributed by atoms with van der Waals surface area (Å²) in [5.41, 5.74) is 0.789. The van der Waals surface area contributed by atoms with Crippen LogP contribution in [0.2, 0.25) is 5.02 Å². The second-order valence-electron chi connectivity index (χ2n) is 3.38. The Bertz CT molecular complexity index is 385. The highest BCUT2D eigenvalue weighted by atomic mass is 35.5. The van der Waals surface area contributed by atoms with Gasteiger partial charge < -0.3 is 4.74 Å². The molecule has 0 saturated carbocycles. The van der Waals surface area contributed by atoms with Gasteiger partial charge in [0.25, 0.3) is 0 Å². The molecule has 0 aliphatic heterocycles. The summed E-state index contributed by atoms with van der Waals surface area (Å²) >= 11 is 5.90. The van der Waals surface area contributed by atoms with Gasteiger partial charge in [-0.15, -0.1) is 0 Å². The monoisotopic (exact) mass is 224 g/mol. The predicted octanol–water partition coefficient (Wildman–Crippen LogP) is 2.47. The van der Waals surface area contributed by atoms with E-state index in [1.807, 2.05) is 19.0 Å². The van der Waals surface area contributed by atoms with Crippen LogP contribution < -0.4 is 4.74 Å². The number of halogens is 1. The molecule has 0 aliphatic rings. The van der Waals surface area contributed by atoms with Gasteiger partial charge in [-0.2, -0.15) is 5.26 Å². The van der Waals surface area contributed by atoms with Crippen molar-refractivity contribution in [3.63, 3.8) is 0 Å². The third kappa shape index (κ3) is 2.62. The van der Waals surface area contributed by atoms with E-state index in [1.165, 1.54) is 0 Å². The summed E-state index contributed by atoms with van der Waals surface area (Å²) in [6, 6.07) is 7.13. The first-order chi connectivity index (χ1) is 7.10. The second-order valence-corrected chi connectivity index (χ2v) is 3.82. The molecule has 1 aromatic carbocycles. The van der Waals surface area contributed by atoms with Gasteiger partial charge in [-0.1, -0.05) is 11.6 Å². The lowest BCUT2D eigenvalue weighted by Gasteiger charge is -2.19. The third-order valence-electron chi connectivity index (χ3n) is 2.13. The fourth-order valence-corrected chi connectivity index (χ4v) is 1.56. The summed E-state index contributed by atoms with van der Waals surface area (Å²) < 4.78 is 5.20. The van der Waals surface area contributed by atoms with Crippen molar-refractivity contribution >= 4 is 11.6 Å². The summed E-state index contributed by atoms with van der Waals surface area (Å²) in [5.74, 6) is 0.680. The number of rotatable bonds is 3. The van der Waals surface area contributed by atoms with Gasteiger partial charge in [0.2, 0.25) is 0 Å². The molecule has 1 unspecified atom stereocenters. The molecule has 1 atom stereocenters. The molecule has 0 heterocycles. The van der Waals surface area contributed by atoms with Crippen LogP contribution in [0.5, 0.6) is 5.75 Å². The summed E-state index contributed by atoms with van der Waals surface area (Å²) in [6.07, 6.45) is 0. The highest BCUT2D eigenvalue weighted by Gasteiger charge is 2.17. The Kier molecular flexibility index (Phi) is 3.96. The molecular weight excluding hydrogens is 212 g/mol. The van der Waals surface area contributed by atoms with Gasteiger partial charge in [0.05, 0.1) is 13.2 Å². The Balaban J connectivity index is 3.21. The van der Waals surface area contributed by atoms with Gasteiger partial charge in [0, 0.05) is 10.6 Å². The minimum Gasteiger partial charge on any atom is -0.496 e. The van der Waals surface area contributed by atoms with Crippen molar-refractivity contribution in [2.45, 2.75) is 6.04 Å². The van der Waals surface area contributed by atoms with E-state index >= 15 is 0 Å². The van der Waals surface area contributed by atoms with E-state index in [-0.39, 0.29) is 6.04 Å². The molecule has 15 heavy (non-hydrogen) atoms. The smallest absolute Gasteiger partial charge is 0.126 e. The molecule has 1 rings (SSSR count). The zero-order valence-electron chi connectivity index (χ0n) is 8.99. The molecule has 0 N–H and O–H groups in total. The normalized spacial score (nSPS) is 12.3. The number of methoxy groups -OCH3 is 1. The van der Waals surface area contributed by atoms with Crippen LogP contribution in [0.25, 0.3) is 0 Å². The molecule has 3 nitrogen and oxygen atoms in total. The Morgan fingerprint density at radius 2 is 2.13 bits per heavy atom. The van der Waals surface area contributed by atoms with Crippen molar-refractivity contribution in [2.24, 2.45) is 0 Å². The molecule has 0 aliphatic carbocycles. The van der Waals surface area contributed by atoms with Crippen LogP contribution in [-0.4, -0.2) is 26.1 Å². The highest BCUT2D eigenvalue weighted by Crippen LogP contribution is 2.30. The molecule has 0 spiro atoms. The average molecular weight is 225 g/mol. The zero-order valence-corrected chi connectivity index (χ0v) is 9.75. The maximum absolute atomic E-state index is 9.07. The fourth-order valence-electron chi connectivity index (χ4n) is 1.38. The van der Waals surface area contributed by atoms with Crippen molar-refractivity contribution in [3.05, 3.63) is 28.8 Å². The third-order valence-corrected chi connectivity index (χ3v) is 2.36. The van der Waals surface area contributed by atoms with E-state index in [1.54, 1.807) is 25.3 Å². The number of hydrogen-bond acceptors (Lipinski definition) is 3. The molecule has 0 bridgehead atoms. The standard InChI is InChI=1S/C11H13ClN2O/c1-14(2)10(7-13)9-6-8(12)4-5-11(9)15-3/h4-6,10H,1-3H3. The highest BCUT2D eigenvalue weighted by molar-refractivity contribution is 6.30. The largest absolute Gasteiger partial charge is 0.496 e. The lowest BCUT2D eigenvalue weighted by molar-refractivity contribution is 0.340. The zero-order chi connectivity index (χ0) is 11.4. The topological polar surface area (TPSA) is 36.3 Å². The SMILES string of the molecule is COc1ccc(Cl)cc1C(C#N)N(C)C. The fraction of sp³-hybridized carbons (Fsp3) is 0.364. The average Bonchev–Trinajstić information content (AvgIpc) is 2.18. The summed E-state index contributed by atoms with van der Waals surface area (Å²) in [5, 5.41) is 9.67. The summed E-state index contributed by atoms with van der Waals surface area (Å²) in [4.78, 5) is 1.81. The molecule has 0 fully saturated rings. The first kappa shape index (κ1) is 11.8. The van der Waals surface area contributed by atoms with Crippen molar-refractivity contribution in [2.75, 3.05) is 21.2 Å². The Morgan fingerprint density at radius 1 is 1.47 bits per heavy atom. The minimum absolute atomic E-state index is 0.348. The summed E-state index contributed by atoms with van der Waals surface area (Å²) in [6.45, 7) is 0. The van der Waals surface area contributed by atoms with Gasteiger partial charge >= 0.3 is 0 Å². The van der Waals surface area contributed by atoms with Gasteiger partial charge in [-0.3, -0.25) is 4.90 Å². The molecule has 0 radical (unpaired) electrons. The van der Waals surface area contributed by atoms with Gasteiger partial charge in [0.1, 0.15) is 11.8 Å². The Hall–Kier alpha value is -1.24. The second kappa shape index (κ2) is 5.01. The molecule has 4 heteroatoms. The van der Waals surface area contributed by atoms with Crippen molar-refractivity contribution in [1.82, 2.24) is 4.90 Å². The van der Waals surface area contributed by atoms with E-state index < -0.39 is 0 Å². The molecule has 80 valence electrons. The predicted molar refractivity (Wildman–Crippen MR) is 60.0 cm³/mol. The number of ether oxygens (including phenoxy) is 1. The lowest BCUT2D eigenvalue weighted by Crippen LogP contribution is -2.18. The molecule has 0 aromatic heterocycles. The minimum atomic E-state index is -0.348. The van der Waals surface area contributed by atoms with Crippen LogP contribution in [0.4, 0.5) is 0 Å². The Morgan fingerprint density at radius 3 is 2.60 bits per heavy atom. The van der Waals surface area contributed by atoms with Crippen LogP contribution in [0, 0.1) is 11.3 Å². The van der Waals surface area contributed by atoms with Crippen molar-refractivity contribution < 1.29 is 4.74 Å². The maximum Gasteiger partial charge on any atom is 0.126 e. The van der Waals surface area contributed by atoms with Crippen molar-refractivity contribution in [3.8, 4) is 11.8 Å². The van der Waals surface area contributed by atoms with Crippen LogP contribution in [-0.2, 0) is 0 Å². The van der Waals surface area contributed by atoms with Crippen LogP contribution in [0.1, 0.15) is 11.6 Å². The van der Waals surface area contributed by atoms with Crippen LogP contribution in [0.15, 0.2) is 18.2 Å². The number of nitrogens with zero attached hydrogens (tertiary/aromatic N) is 2. The van der Waals surface area contributed by atoms with E-state index in [0.717, 1.165) is 5.56 Å². The number of hydrogen-bond donors (Lipinski definition) is 0. The van der Waals surface area contributed by atoms with Crippen molar-refractivity contribution in [1.29, 1.82) is 5.26 Å². The number of benzene rings is 1. The lowest BCUT2D eigenvalue weighted by atomic mass is 10.1. The first-order valence-electron chi connectivity index (χ1n) is 4.49. The summed E-state index contributed by atoms with van der Waals surface area (Å²) in [7, 11) is 5.26. The molecule has 1 aromatic rings. The quantitative estimate of drug-likeness (QED) is 0.792. The molecule has 0 amide bonds. The Labute approximate surface area is 94.8 Å². The van der Waals surface area contributed by atoms with Gasteiger partial charge in [-0.05, 0) is 32.3 Å². The van der Waals surface area contributed by atoms with E-state index in [4.69, 9.17) is 21.6 Å². The van der Waals surface area contributed by atoms with Gasteiger partial charge in [-0.25, -0.2) is 0 Å². The molecular formula is C11H13ClN2O. The maximum atomic E-state index is 9.07. The first-order valence-corrected chi connectivity index (χ1v) is 4.87. The van der Waals surface area contributed by atoms with Crippen LogP contribution >= 0.6 is 11.6 Å². The van der Waals surface area contributed by atoms with E-state index in [2.05, 4.69) is 6.07 Å². The number of nitriles is 1.